The van der Waals surface area contributed by atoms with Crippen LogP contribution in [0.2, 0.25) is 0 Å². The van der Waals surface area contributed by atoms with Gasteiger partial charge in [-0.1, -0.05) is 72.5 Å². The van der Waals surface area contributed by atoms with E-state index in [1.807, 2.05) is 72.8 Å². The van der Waals surface area contributed by atoms with Gasteiger partial charge < -0.3 is 10.6 Å². The maximum Gasteiger partial charge on any atom is 0.232 e. The molecule has 29 heavy (non-hydrogen) atoms. The monoisotopic (exact) mass is 382 g/mol. The van der Waals surface area contributed by atoms with Crippen LogP contribution in [0, 0.1) is 11.8 Å². The fraction of sp³-hybridized carbons (Fsp3) is 0.120. The summed E-state index contributed by atoms with van der Waals surface area (Å²) in [4.78, 5) is 23.9. The van der Waals surface area contributed by atoms with Crippen molar-refractivity contribution in [1.82, 2.24) is 5.32 Å². The zero-order chi connectivity index (χ0) is 20.5. The topological polar surface area (TPSA) is 58.2 Å². The molecule has 0 aromatic heterocycles. The van der Waals surface area contributed by atoms with E-state index in [9.17, 15) is 9.59 Å². The van der Waals surface area contributed by atoms with Crippen molar-refractivity contribution in [3.05, 3.63) is 102 Å². The fourth-order valence-corrected chi connectivity index (χ4v) is 3.01. The molecule has 0 spiro atoms. The molecule has 4 heteroatoms. The van der Waals surface area contributed by atoms with Crippen molar-refractivity contribution in [1.29, 1.82) is 0 Å². The zero-order valence-corrected chi connectivity index (χ0v) is 16.2. The normalized spacial score (nSPS) is 10.0. The molecule has 3 aromatic rings. The first-order valence-corrected chi connectivity index (χ1v) is 9.37. The van der Waals surface area contributed by atoms with E-state index in [1.54, 1.807) is 12.1 Å². The Morgan fingerprint density at radius 3 is 1.90 bits per heavy atom. The van der Waals surface area contributed by atoms with E-state index >= 15 is 0 Å². The summed E-state index contributed by atoms with van der Waals surface area (Å²) >= 11 is 0. The minimum Gasteiger partial charge on any atom is -0.344 e. The molecule has 0 saturated heterocycles. The minimum atomic E-state index is -0.379. The summed E-state index contributed by atoms with van der Waals surface area (Å²) in [5.41, 5.74) is 3.43. The van der Waals surface area contributed by atoms with E-state index in [0.717, 1.165) is 22.4 Å². The van der Waals surface area contributed by atoms with Crippen LogP contribution in [0.3, 0.4) is 0 Å². The smallest absolute Gasteiger partial charge is 0.232 e. The molecular weight excluding hydrogens is 360 g/mol. The molecule has 0 aliphatic heterocycles. The van der Waals surface area contributed by atoms with Crippen molar-refractivity contribution >= 4 is 17.5 Å². The molecule has 2 amide bonds. The van der Waals surface area contributed by atoms with Gasteiger partial charge in [0.1, 0.15) is 0 Å². The third kappa shape index (κ3) is 5.82. The molecule has 0 unspecified atom stereocenters. The van der Waals surface area contributed by atoms with Crippen molar-refractivity contribution in [2.24, 2.45) is 0 Å². The average Bonchev–Trinajstić information content (AvgIpc) is 2.74. The highest BCUT2D eigenvalue weighted by Gasteiger charge is 2.21. The Kier molecular flexibility index (Phi) is 6.80. The summed E-state index contributed by atoms with van der Waals surface area (Å²) in [5, 5.41) is 5.63. The number of benzene rings is 3. The summed E-state index contributed by atoms with van der Waals surface area (Å²) < 4.78 is 0. The van der Waals surface area contributed by atoms with Gasteiger partial charge in [-0.3, -0.25) is 9.59 Å². The highest BCUT2D eigenvalue weighted by Crippen LogP contribution is 2.24. The number of rotatable bonds is 5. The quantitative estimate of drug-likeness (QED) is 0.657. The summed E-state index contributed by atoms with van der Waals surface area (Å²) in [5.74, 6) is 5.43. The summed E-state index contributed by atoms with van der Waals surface area (Å²) in [6.07, 6.45) is 0. The van der Waals surface area contributed by atoms with E-state index < -0.39 is 0 Å². The molecule has 4 nitrogen and oxygen atoms in total. The van der Waals surface area contributed by atoms with E-state index in [4.69, 9.17) is 0 Å². The highest BCUT2D eigenvalue weighted by molar-refractivity contribution is 5.88. The Balaban J connectivity index is 1.66. The van der Waals surface area contributed by atoms with Crippen LogP contribution in [0.15, 0.2) is 84.9 Å². The van der Waals surface area contributed by atoms with Gasteiger partial charge in [0.2, 0.25) is 11.8 Å². The Hall–Kier alpha value is -3.84. The second-order valence-electron chi connectivity index (χ2n) is 6.53. The first kappa shape index (κ1) is 19.9. The maximum absolute atomic E-state index is 12.9. The summed E-state index contributed by atoms with van der Waals surface area (Å²) in [6.45, 7) is 1.72. The minimum absolute atomic E-state index is 0.0855. The number of carbonyl (C=O) groups is 2. The predicted molar refractivity (Wildman–Crippen MR) is 115 cm³/mol. The molecule has 0 aliphatic carbocycles. The van der Waals surface area contributed by atoms with Crippen LogP contribution in [0.25, 0.3) is 0 Å². The van der Waals surface area contributed by atoms with Gasteiger partial charge in [-0.25, -0.2) is 0 Å². The van der Waals surface area contributed by atoms with Crippen LogP contribution in [0.5, 0.6) is 0 Å². The van der Waals surface area contributed by atoms with Gasteiger partial charge in [-0.15, -0.1) is 0 Å². The zero-order valence-electron chi connectivity index (χ0n) is 16.2. The van der Waals surface area contributed by atoms with Gasteiger partial charge >= 0.3 is 0 Å². The highest BCUT2D eigenvalue weighted by atomic mass is 16.2. The number of hydrogen-bond donors (Lipinski definition) is 2. The van der Waals surface area contributed by atoms with Gasteiger partial charge in [0.25, 0.3) is 0 Å². The van der Waals surface area contributed by atoms with Crippen molar-refractivity contribution in [3.8, 4) is 11.8 Å². The lowest BCUT2D eigenvalue weighted by Gasteiger charge is -2.17. The van der Waals surface area contributed by atoms with Gasteiger partial charge in [-0.05, 0) is 35.4 Å². The standard InChI is InChI=1S/C25H22N2O2/c1-19(28)27-23-16-14-20(15-17-23)9-8-18-26-25(29)24(21-10-4-2-5-11-21)22-12-6-3-7-13-22/h2-7,10-17,24H,18H2,1H3,(H,26,29)(H,27,28). The lowest BCUT2D eigenvalue weighted by atomic mass is 9.90. The molecule has 0 radical (unpaired) electrons. The van der Waals surface area contributed by atoms with Crippen LogP contribution in [-0.2, 0) is 9.59 Å². The number of anilines is 1. The molecule has 0 aliphatic rings. The summed E-state index contributed by atoms with van der Waals surface area (Å²) in [7, 11) is 0. The van der Waals surface area contributed by atoms with Crippen molar-refractivity contribution in [3.63, 3.8) is 0 Å². The van der Waals surface area contributed by atoms with E-state index in [0.29, 0.717) is 0 Å². The number of hydrogen-bond acceptors (Lipinski definition) is 2. The van der Waals surface area contributed by atoms with Crippen LogP contribution in [-0.4, -0.2) is 18.4 Å². The number of carbonyl (C=O) groups excluding carboxylic acids is 2. The van der Waals surface area contributed by atoms with E-state index in [-0.39, 0.29) is 24.3 Å². The third-order valence-electron chi connectivity index (χ3n) is 4.32. The molecule has 3 aromatic carbocycles. The first-order chi connectivity index (χ1) is 14.1. The van der Waals surface area contributed by atoms with Gasteiger partial charge in [0.15, 0.2) is 0 Å². The Labute approximate surface area is 171 Å². The second-order valence-corrected chi connectivity index (χ2v) is 6.53. The molecule has 144 valence electrons. The molecule has 3 rings (SSSR count). The Morgan fingerprint density at radius 1 is 0.828 bits per heavy atom. The molecule has 0 saturated carbocycles. The number of nitrogens with one attached hydrogen (secondary N) is 2. The molecular formula is C25H22N2O2. The lowest BCUT2D eigenvalue weighted by Crippen LogP contribution is -2.30. The third-order valence-corrected chi connectivity index (χ3v) is 4.32. The predicted octanol–water partition coefficient (Wildman–Crippen LogP) is 3.94. The molecule has 0 bridgehead atoms. The van der Waals surface area contributed by atoms with Gasteiger partial charge in [-0.2, -0.15) is 0 Å². The van der Waals surface area contributed by atoms with Crippen molar-refractivity contribution < 1.29 is 9.59 Å². The maximum atomic E-state index is 12.9. The van der Waals surface area contributed by atoms with Crippen molar-refractivity contribution in [2.45, 2.75) is 12.8 Å². The second kappa shape index (κ2) is 9.91. The largest absolute Gasteiger partial charge is 0.344 e. The molecule has 0 atom stereocenters. The first-order valence-electron chi connectivity index (χ1n) is 9.37. The fourth-order valence-electron chi connectivity index (χ4n) is 3.01. The van der Waals surface area contributed by atoms with Crippen LogP contribution in [0.1, 0.15) is 29.5 Å². The molecule has 2 N–H and O–H groups in total. The molecule has 0 heterocycles. The van der Waals surface area contributed by atoms with Gasteiger partial charge in [0.05, 0.1) is 12.5 Å². The Morgan fingerprint density at radius 2 is 1.38 bits per heavy atom. The number of amides is 2. The van der Waals surface area contributed by atoms with Crippen molar-refractivity contribution in [2.75, 3.05) is 11.9 Å². The average molecular weight is 382 g/mol. The SMILES string of the molecule is CC(=O)Nc1ccc(C#CCNC(=O)C(c2ccccc2)c2ccccc2)cc1. The lowest BCUT2D eigenvalue weighted by molar-refractivity contribution is -0.121. The molecule has 0 fully saturated rings. The van der Waals surface area contributed by atoms with Crippen LogP contribution in [0.4, 0.5) is 5.69 Å². The van der Waals surface area contributed by atoms with E-state index in [2.05, 4.69) is 22.5 Å². The summed E-state index contributed by atoms with van der Waals surface area (Å²) in [6, 6.07) is 26.7. The van der Waals surface area contributed by atoms with Crippen LogP contribution >= 0.6 is 0 Å². The Bertz CT molecular complexity index is 978. The van der Waals surface area contributed by atoms with Crippen LogP contribution < -0.4 is 10.6 Å². The van der Waals surface area contributed by atoms with E-state index in [1.165, 1.54) is 6.92 Å². The van der Waals surface area contributed by atoms with Gasteiger partial charge in [0, 0.05) is 18.2 Å².